The molecule has 2 rings (SSSR count). The fourth-order valence-electron chi connectivity index (χ4n) is 2.05. The van der Waals surface area contributed by atoms with Crippen LogP contribution in [0.3, 0.4) is 0 Å². The maximum atomic E-state index is 13.7. The summed E-state index contributed by atoms with van der Waals surface area (Å²) in [4.78, 5) is 11.3. The van der Waals surface area contributed by atoms with Crippen LogP contribution in [-0.2, 0) is 7.05 Å². The molecule has 0 unspecified atom stereocenters. The third kappa shape index (κ3) is 2.19. The Hall–Kier alpha value is -2.30. The highest BCUT2D eigenvalue weighted by molar-refractivity contribution is 5.95. The summed E-state index contributed by atoms with van der Waals surface area (Å²) >= 11 is 0. The Kier molecular flexibility index (Phi) is 3.29. The zero-order chi connectivity index (χ0) is 14.2. The van der Waals surface area contributed by atoms with Crippen molar-refractivity contribution in [1.82, 2.24) is 4.57 Å². The number of benzene rings is 1. The standard InChI is InChI=1S/C14H15FN2O2/c1-8-10(14(16)18)7-12(17(8)2)9-4-5-13(19-3)11(15)6-9/h4-7H,1-3H3,(H2,16,18). The van der Waals surface area contributed by atoms with Gasteiger partial charge in [0, 0.05) is 24.0 Å². The fourth-order valence-corrected chi connectivity index (χ4v) is 2.05. The molecular weight excluding hydrogens is 247 g/mol. The number of nitrogens with two attached hydrogens (primary N) is 1. The average molecular weight is 262 g/mol. The summed E-state index contributed by atoms with van der Waals surface area (Å²) in [6, 6.07) is 6.33. The largest absolute Gasteiger partial charge is 0.494 e. The Labute approximate surface area is 110 Å². The fraction of sp³-hybridized carbons (Fsp3) is 0.214. The van der Waals surface area contributed by atoms with Crippen molar-refractivity contribution in [3.8, 4) is 17.0 Å². The average Bonchev–Trinajstić information content (AvgIpc) is 2.66. The van der Waals surface area contributed by atoms with E-state index in [2.05, 4.69) is 0 Å². The minimum atomic E-state index is -0.492. The Bertz CT molecular complexity index is 647. The quantitative estimate of drug-likeness (QED) is 0.922. The highest BCUT2D eigenvalue weighted by Crippen LogP contribution is 2.28. The van der Waals surface area contributed by atoms with Crippen LogP contribution in [0.4, 0.5) is 4.39 Å². The van der Waals surface area contributed by atoms with E-state index in [0.29, 0.717) is 11.1 Å². The molecule has 1 aromatic carbocycles. The van der Waals surface area contributed by atoms with Crippen LogP contribution in [0.5, 0.6) is 5.75 Å². The van der Waals surface area contributed by atoms with Gasteiger partial charge >= 0.3 is 0 Å². The monoisotopic (exact) mass is 262 g/mol. The summed E-state index contributed by atoms with van der Waals surface area (Å²) in [5.74, 6) is -0.752. The van der Waals surface area contributed by atoms with Gasteiger partial charge in [0.05, 0.1) is 12.7 Å². The van der Waals surface area contributed by atoms with Crippen molar-refractivity contribution in [2.75, 3.05) is 7.11 Å². The van der Waals surface area contributed by atoms with E-state index in [1.54, 1.807) is 36.7 Å². The van der Waals surface area contributed by atoms with Crippen LogP contribution in [0.25, 0.3) is 11.3 Å². The van der Waals surface area contributed by atoms with E-state index in [0.717, 1.165) is 11.4 Å². The number of carbonyl (C=O) groups excluding carboxylic acids is 1. The number of nitrogens with zero attached hydrogens (tertiary/aromatic N) is 1. The van der Waals surface area contributed by atoms with Crippen molar-refractivity contribution in [2.24, 2.45) is 12.8 Å². The molecule has 4 nitrogen and oxygen atoms in total. The first-order valence-corrected chi connectivity index (χ1v) is 5.75. The number of carbonyl (C=O) groups is 1. The van der Waals surface area contributed by atoms with Gasteiger partial charge in [-0.15, -0.1) is 0 Å². The van der Waals surface area contributed by atoms with Gasteiger partial charge in [-0.2, -0.15) is 0 Å². The molecule has 0 saturated carbocycles. The number of halogens is 1. The van der Waals surface area contributed by atoms with Crippen LogP contribution >= 0.6 is 0 Å². The first kappa shape index (κ1) is 13.1. The predicted octanol–water partition coefficient (Wildman–Crippen LogP) is 2.25. The minimum absolute atomic E-state index is 0.185. The van der Waals surface area contributed by atoms with Gasteiger partial charge in [0.15, 0.2) is 11.6 Å². The number of ether oxygens (including phenoxy) is 1. The third-order valence-corrected chi connectivity index (χ3v) is 3.25. The number of amides is 1. The summed E-state index contributed by atoms with van der Waals surface area (Å²) in [7, 11) is 3.22. The lowest BCUT2D eigenvalue weighted by atomic mass is 10.1. The second-order valence-electron chi connectivity index (χ2n) is 4.30. The van der Waals surface area contributed by atoms with Crippen LogP contribution in [0.15, 0.2) is 24.3 Å². The van der Waals surface area contributed by atoms with Crippen LogP contribution < -0.4 is 10.5 Å². The third-order valence-electron chi connectivity index (χ3n) is 3.25. The van der Waals surface area contributed by atoms with Crippen molar-refractivity contribution in [3.63, 3.8) is 0 Å². The summed E-state index contributed by atoms with van der Waals surface area (Å²) < 4.78 is 20.4. The zero-order valence-electron chi connectivity index (χ0n) is 11.0. The Morgan fingerprint density at radius 1 is 1.37 bits per heavy atom. The molecule has 0 aliphatic rings. The molecule has 0 saturated heterocycles. The molecule has 1 heterocycles. The van der Waals surface area contributed by atoms with Gasteiger partial charge in [-0.3, -0.25) is 4.79 Å². The molecule has 0 bridgehead atoms. The molecule has 1 amide bonds. The van der Waals surface area contributed by atoms with Crippen molar-refractivity contribution in [1.29, 1.82) is 0 Å². The maximum absolute atomic E-state index is 13.7. The Morgan fingerprint density at radius 3 is 2.53 bits per heavy atom. The molecule has 0 aliphatic heterocycles. The molecule has 100 valence electrons. The number of hydrogen-bond acceptors (Lipinski definition) is 2. The van der Waals surface area contributed by atoms with E-state index in [9.17, 15) is 9.18 Å². The molecule has 5 heteroatoms. The van der Waals surface area contributed by atoms with Crippen LogP contribution in [0, 0.1) is 12.7 Å². The highest BCUT2D eigenvalue weighted by Gasteiger charge is 2.15. The van der Waals surface area contributed by atoms with Gasteiger partial charge in [0.25, 0.3) is 5.91 Å². The molecule has 0 radical (unpaired) electrons. The molecular formula is C14H15FN2O2. The molecule has 2 N–H and O–H groups in total. The Balaban J connectivity index is 2.56. The molecule has 0 fully saturated rings. The first-order chi connectivity index (χ1) is 8.95. The van der Waals surface area contributed by atoms with E-state index >= 15 is 0 Å². The van der Waals surface area contributed by atoms with E-state index in [1.807, 2.05) is 0 Å². The second-order valence-corrected chi connectivity index (χ2v) is 4.30. The highest BCUT2D eigenvalue weighted by atomic mass is 19.1. The normalized spacial score (nSPS) is 10.5. The summed E-state index contributed by atoms with van der Waals surface area (Å²) in [6.07, 6.45) is 0. The minimum Gasteiger partial charge on any atom is -0.494 e. The smallest absolute Gasteiger partial charge is 0.250 e. The lowest BCUT2D eigenvalue weighted by Gasteiger charge is -2.07. The number of aromatic nitrogens is 1. The number of methoxy groups -OCH3 is 1. The van der Waals surface area contributed by atoms with Crippen LogP contribution in [-0.4, -0.2) is 17.6 Å². The second kappa shape index (κ2) is 4.76. The van der Waals surface area contributed by atoms with E-state index in [1.165, 1.54) is 13.2 Å². The maximum Gasteiger partial charge on any atom is 0.250 e. The van der Waals surface area contributed by atoms with E-state index in [-0.39, 0.29) is 5.75 Å². The summed E-state index contributed by atoms with van der Waals surface area (Å²) in [6.45, 7) is 1.80. The van der Waals surface area contributed by atoms with Crippen LogP contribution in [0.1, 0.15) is 16.1 Å². The van der Waals surface area contributed by atoms with Crippen LogP contribution in [0.2, 0.25) is 0 Å². The molecule has 1 aromatic heterocycles. The molecule has 19 heavy (non-hydrogen) atoms. The van der Waals surface area contributed by atoms with E-state index < -0.39 is 11.7 Å². The Morgan fingerprint density at radius 2 is 2.05 bits per heavy atom. The number of rotatable bonds is 3. The van der Waals surface area contributed by atoms with Crippen molar-refractivity contribution < 1.29 is 13.9 Å². The lowest BCUT2D eigenvalue weighted by molar-refractivity contribution is 0.0999. The lowest BCUT2D eigenvalue weighted by Crippen LogP contribution is -2.11. The predicted molar refractivity (Wildman–Crippen MR) is 70.6 cm³/mol. The van der Waals surface area contributed by atoms with Crippen molar-refractivity contribution in [3.05, 3.63) is 41.3 Å². The molecule has 0 aliphatic carbocycles. The number of primary amides is 1. The van der Waals surface area contributed by atoms with Gasteiger partial charge in [-0.1, -0.05) is 0 Å². The van der Waals surface area contributed by atoms with E-state index in [4.69, 9.17) is 10.5 Å². The van der Waals surface area contributed by atoms with Crippen molar-refractivity contribution in [2.45, 2.75) is 6.92 Å². The van der Waals surface area contributed by atoms with Gasteiger partial charge in [-0.25, -0.2) is 4.39 Å². The van der Waals surface area contributed by atoms with Gasteiger partial charge in [0.2, 0.25) is 0 Å². The van der Waals surface area contributed by atoms with Gasteiger partial charge in [-0.05, 0) is 31.2 Å². The SMILES string of the molecule is COc1ccc(-c2cc(C(N)=O)c(C)n2C)cc1F. The zero-order valence-corrected chi connectivity index (χ0v) is 11.0. The molecule has 0 atom stereocenters. The molecule has 0 spiro atoms. The van der Waals surface area contributed by atoms with Crippen molar-refractivity contribution >= 4 is 5.91 Å². The first-order valence-electron chi connectivity index (χ1n) is 5.75. The molecule has 2 aromatic rings. The summed E-state index contributed by atoms with van der Waals surface area (Å²) in [5, 5.41) is 0. The topological polar surface area (TPSA) is 57.2 Å². The van der Waals surface area contributed by atoms with Gasteiger partial charge in [0.1, 0.15) is 0 Å². The summed E-state index contributed by atoms with van der Waals surface area (Å²) in [5.41, 5.74) is 7.88. The van der Waals surface area contributed by atoms with Gasteiger partial charge < -0.3 is 15.0 Å². The number of hydrogen-bond donors (Lipinski definition) is 1.